The van der Waals surface area contributed by atoms with Crippen molar-refractivity contribution in [1.82, 2.24) is 0 Å². The second-order valence-corrected chi connectivity index (χ2v) is 2.47. The van der Waals surface area contributed by atoms with Crippen molar-refractivity contribution in [3.05, 3.63) is 48.7 Å². The smallest absolute Gasteiger partial charge is 0.00738 e. The van der Waals surface area contributed by atoms with Gasteiger partial charge in [-0.05, 0) is 6.92 Å². The standard InChI is InChI=1S/C10H15N/c1-4-5-6-7-9(2)8-10(3)11/h4-7H,1,3,8,11H2,2H3/b6-5-,9-7+. The highest BCUT2D eigenvalue weighted by Gasteiger charge is 1.87. The van der Waals surface area contributed by atoms with Crippen LogP contribution in [0.3, 0.4) is 0 Å². The van der Waals surface area contributed by atoms with Gasteiger partial charge in [-0.25, -0.2) is 0 Å². The van der Waals surface area contributed by atoms with Crippen molar-refractivity contribution in [2.45, 2.75) is 13.3 Å². The Balaban J connectivity index is 3.90. The van der Waals surface area contributed by atoms with Crippen molar-refractivity contribution in [2.24, 2.45) is 5.73 Å². The van der Waals surface area contributed by atoms with Gasteiger partial charge in [0.05, 0.1) is 0 Å². The van der Waals surface area contributed by atoms with Gasteiger partial charge in [0, 0.05) is 12.1 Å². The Morgan fingerprint density at radius 1 is 1.45 bits per heavy atom. The average Bonchev–Trinajstić information content (AvgIpc) is 1.86. The predicted molar refractivity (Wildman–Crippen MR) is 51.0 cm³/mol. The molecule has 0 rings (SSSR count). The zero-order valence-electron chi connectivity index (χ0n) is 7.01. The van der Waals surface area contributed by atoms with Crippen LogP contribution in [0.4, 0.5) is 0 Å². The van der Waals surface area contributed by atoms with E-state index in [0.717, 1.165) is 6.42 Å². The van der Waals surface area contributed by atoms with Crippen LogP contribution >= 0.6 is 0 Å². The molecule has 0 radical (unpaired) electrons. The first-order valence-electron chi connectivity index (χ1n) is 3.55. The topological polar surface area (TPSA) is 26.0 Å². The molecular formula is C10H15N. The zero-order valence-corrected chi connectivity index (χ0v) is 7.01. The van der Waals surface area contributed by atoms with Crippen molar-refractivity contribution in [3.8, 4) is 0 Å². The molecule has 1 nitrogen and oxygen atoms in total. The summed E-state index contributed by atoms with van der Waals surface area (Å²) in [5.41, 5.74) is 7.32. The quantitative estimate of drug-likeness (QED) is 0.611. The Kier molecular flexibility index (Phi) is 4.91. The first-order valence-corrected chi connectivity index (χ1v) is 3.55. The predicted octanol–water partition coefficient (Wildman–Crippen LogP) is 2.54. The van der Waals surface area contributed by atoms with Crippen molar-refractivity contribution < 1.29 is 0 Å². The maximum atomic E-state index is 5.42. The summed E-state index contributed by atoms with van der Waals surface area (Å²) in [7, 11) is 0. The van der Waals surface area contributed by atoms with Crippen LogP contribution in [0.2, 0.25) is 0 Å². The highest BCUT2D eigenvalue weighted by atomic mass is 14.6. The Hall–Kier alpha value is -1.24. The molecule has 0 unspecified atom stereocenters. The molecule has 0 aromatic heterocycles. The molecule has 0 amide bonds. The van der Waals surface area contributed by atoms with E-state index in [-0.39, 0.29) is 0 Å². The van der Waals surface area contributed by atoms with E-state index in [4.69, 9.17) is 5.73 Å². The average molecular weight is 149 g/mol. The Bertz CT molecular complexity index is 197. The maximum absolute atomic E-state index is 5.42. The van der Waals surface area contributed by atoms with Crippen LogP contribution in [0.1, 0.15) is 13.3 Å². The summed E-state index contributed by atoms with van der Waals surface area (Å²) < 4.78 is 0. The molecule has 0 saturated carbocycles. The monoisotopic (exact) mass is 149 g/mol. The van der Waals surface area contributed by atoms with Gasteiger partial charge in [-0.3, -0.25) is 0 Å². The van der Waals surface area contributed by atoms with Gasteiger partial charge in [0.15, 0.2) is 0 Å². The van der Waals surface area contributed by atoms with E-state index in [1.807, 2.05) is 25.2 Å². The van der Waals surface area contributed by atoms with E-state index in [9.17, 15) is 0 Å². The summed E-state index contributed by atoms with van der Waals surface area (Å²) in [6.07, 6.45) is 8.32. The van der Waals surface area contributed by atoms with Crippen LogP contribution in [-0.4, -0.2) is 0 Å². The van der Waals surface area contributed by atoms with E-state index in [1.165, 1.54) is 5.57 Å². The number of allylic oxidation sites excluding steroid dienone is 5. The largest absolute Gasteiger partial charge is 0.402 e. The summed E-state index contributed by atoms with van der Waals surface area (Å²) in [6, 6.07) is 0. The highest BCUT2D eigenvalue weighted by Crippen LogP contribution is 2.03. The minimum Gasteiger partial charge on any atom is -0.402 e. The molecular weight excluding hydrogens is 134 g/mol. The van der Waals surface area contributed by atoms with Crippen LogP contribution in [0.5, 0.6) is 0 Å². The highest BCUT2D eigenvalue weighted by molar-refractivity contribution is 5.17. The lowest BCUT2D eigenvalue weighted by atomic mass is 10.2. The van der Waals surface area contributed by atoms with Crippen LogP contribution in [0.25, 0.3) is 0 Å². The molecule has 0 atom stereocenters. The lowest BCUT2D eigenvalue weighted by molar-refractivity contribution is 1.09. The minimum atomic E-state index is 0.700. The van der Waals surface area contributed by atoms with Gasteiger partial charge in [-0.2, -0.15) is 0 Å². The Labute approximate surface area is 68.6 Å². The van der Waals surface area contributed by atoms with Crippen molar-refractivity contribution >= 4 is 0 Å². The molecule has 2 N–H and O–H groups in total. The SMILES string of the molecule is C=C/C=C\C=C(/C)CC(=C)N. The molecule has 60 valence electrons. The molecule has 0 aliphatic heterocycles. The van der Waals surface area contributed by atoms with Crippen LogP contribution in [0.15, 0.2) is 48.7 Å². The number of hydrogen-bond acceptors (Lipinski definition) is 1. The lowest BCUT2D eigenvalue weighted by Gasteiger charge is -1.96. The van der Waals surface area contributed by atoms with Gasteiger partial charge < -0.3 is 5.73 Å². The van der Waals surface area contributed by atoms with Gasteiger partial charge in [-0.15, -0.1) is 0 Å². The molecule has 0 aromatic rings. The van der Waals surface area contributed by atoms with Crippen molar-refractivity contribution in [1.29, 1.82) is 0 Å². The molecule has 0 aliphatic carbocycles. The van der Waals surface area contributed by atoms with Gasteiger partial charge in [0.1, 0.15) is 0 Å². The second kappa shape index (κ2) is 5.54. The van der Waals surface area contributed by atoms with E-state index in [2.05, 4.69) is 13.2 Å². The molecule has 0 spiro atoms. The van der Waals surface area contributed by atoms with E-state index in [0.29, 0.717) is 5.70 Å². The first kappa shape index (κ1) is 9.76. The van der Waals surface area contributed by atoms with E-state index >= 15 is 0 Å². The number of nitrogens with two attached hydrogens (primary N) is 1. The Morgan fingerprint density at radius 2 is 2.09 bits per heavy atom. The molecule has 0 aromatic carbocycles. The first-order chi connectivity index (χ1) is 5.16. The second-order valence-electron chi connectivity index (χ2n) is 2.47. The van der Waals surface area contributed by atoms with Crippen molar-refractivity contribution in [3.63, 3.8) is 0 Å². The normalized spacial score (nSPS) is 11.9. The molecule has 0 bridgehead atoms. The third-order valence-electron chi connectivity index (χ3n) is 1.13. The maximum Gasteiger partial charge on any atom is 0.00738 e. The number of rotatable bonds is 4. The Morgan fingerprint density at radius 3 is 2.55 bits per heavy atom. The fourth-order valence-electron chi connectivity index (χ4n) is 0.715. The summed E-state index contributed by atoms with van der Waals surface area (Å²) in [5, 5.41) is 0. The summed E-state index contributed by atoms with van der Waals surface area (Å²) in [4.78, 5) is 0. The van der Waals surface area contributed by atoms with Crippen molar-refractivity contribution in [2.75, 3.05) is 0 Å². The molecule has 0 saturated heterocycles. The van der Waals surface area contributed by atoms with Crippen LogP contribution in [0, 0.1) is 0 Å². The third-order valence-corrected chi connectivity index (χ3v) is 1.13. The van der Waals surface area contributed by atoms with Gasteiger partial charge in [0.2, 0.25) is 0 Å². The molecule has 0 aliphatic rings. The van der Waals surface area contributed by atoms with Crippen LogP contribution < -0.4 is 5.73 Å². The fourth-order valence-corrected chi connectivity index (χ4v) is 0.715. The van der Waals surface area contributed by atoms with Gasteiger partial charge >= 0.3 is 0 Å². The molecule has 0 fully saturated rings. The third kappa shape index (κ3) is 6.65. The zero-order chi connectivity index (χ0) is 8.69. The molecule has 1 heteroatoms. The fraction of sp³-hybridized carbons (Fsp3) is 0.200. The summed E-state index contributed by atoms with van der Waals surface area (Å²) in [5.74, 6) is 0. The lowest BCUT2D eigenvalue weighted by Crippen LogP contribution is -1.94. The summed E-state index contributed by atoms with van der Waals surface area (Å²) >= 11 is 0. The molecule has 0 heterocycles. The minimum absolute atomic E-state index is 0.700. The van der Waals surface area contributed by atoms with E-state index < -0.39 is 0 Å². The van der Waals surface area contributed by atoms with Crippen LogP contribution in [-0.2, 0) is 0 Å². The number of hydrogen-bond donors (Lipinski definition) is 1. The molecule has 11 heavy (non-hydrogen) atoms. The van der Waals surface area contributed by atoms with Gasteiger partial charge in [-0.1, -0.05) is 43.0 Å². The van der Waals surface area contributed by atoms with E-state index in [1.54, 1.807) is 6.08 Å². The van der Waals surface area contributed by atoms with Gasteiger partial charge in [0.25, 0.3) is 0 Å². The summed E-state index contributed by atoms with van der Waals surface area (Å²) in [6.45, 7) is 9.20.